The number of anilines is 1. The maximum Gasteiger partial charge on any atom is 0.128 e. The Kier molecular flexibility index (Phi) is 3.06. The van der Waals surface area contributed by atoms with Crippen LogP contribution in [-0.4, -0.2) is 9.97 Å². The predicted octanol–water partition coefficient (Wildman–Crippen LogP) is 1.72. The predicted molar refractivity (Wildman–Crippen MR) is 68.4 cm³/mol. The van der Waals surface area contributed by atoms with Crippen LogP contribution >= 0.6 is 0 Å². The molecule has 2 aromatic rings. The summed E-state index contributed by atoms with van der Waals surface area (Å²) in [7, 11) is 0. The van der Waals surface area contributed by atoms with E-state index in [0.717, 1.165) is 22.4 Å². The lowest BCUT2D eigenvalue weighted by atomic mass is 10.0. The number of pyridine rings is 2. The molecule has 0 saturated heterocycles. The van der Waals surface area contributed by atoms with Crippen molar-refractivity contribution in [3.63, 3.8) is 0 Å². The molecule has 2 aromatic heterocycles. The second-order valence-corrected chi connectivity index (χ2v) is 4.17. The van der Waals surface area contributed by atoms with Crippen molar-refractivity contribution in [2.24, 2.45) is 5.73 Å². The first-order valence-electron chi connectivity index (χ1n) is 5.48. The number of aromatic nitrogens is 2. The summed E-state index contributed by atoms with van der Waals surface area (Å²) in [5.74, 6) is 0.460. The van der Waals surface area contributed by atoms with Crippen molar-refractivity contribution < 1.29 is 0 Å². The summed E-state index contributed by atoms with van der Waals surface area (Å²) in [5, 5.41) is 0. The monoisotopic (exact) mass is 228 g/mol. The van der Waals surface area contributed by atoms with Crippen molar-refractivity contribution >= 4 is 5.82 Å². The molecular formula is C13H16N4. The zero-order chi connectivity index (χ0) is 12.4. The zero-order valence-electron chi connectivity index (χ0n) is 10.0. The molecule has 0 amide bonds. The van der Waals surface area contributed by atoms with Gasteiger partial charge in [-0.15, -0.1) is 0 Å². The van der Waals surface area contributed by atoms with Gasteiger partial charge in [0.15, 0.2) is 0 Å². The summed E-state index contributed by atoms with van der Waals surface area (Å²) in [4.78, 5) is 8.43. The van der Waals surface area contributed by atoms with Crippen molar-refractivity contribution in [3.8, 4) is 0 Å². The van der Waals surface area contributed by atoms with E-state index in [4.69, 9.17) is 11.5 Å². The second-order valence-electron chi connectivity index (χ2n) is 4.17. The van der Waals surface area contributed by atoms with Crippen LogP contribution in [-0.2, 0) is 0 Å². The van der Waals surface area contributed by atoms with Gasteiger partial charge < -0.3 is 11.5 Å². The van der Waals surface area contributed by atoms with E-state index in [1.54, 1.807) is 6.20 Å². The van der Waals surface area contributed by atoms with Crippen LogP contribution in [0.15, 0.2) is 30.6 Å². The van der Waals surface area contributed by atoms with Crippen LogP contribution < -0.4 is 11.5 Å². The lowest BCUT2D eigenvalue weighted by Gasteiger charge is -2.15. The smallest absolute Gasteiger partial charge is 0.128 e. The Morgan fingerprint density at radius 1 is 1.24 bits per heavy atom. The highest BCUT2D eigenvalue weighted by Gasteiger charge is 2.15. The fourth-order valence-electron chi connectivity index (χ4n) is 1.89. The molecular weight excluding hydrogens is 212 g/mol. The number of nitrogen functional groups attached to an aromatic ring is 1. The maximum atomic E-state index is 6.19. The molecule has 0 aliphatic rings. The van der Waals surface area contributed by atoms with E-state index >= 15 is 0 Å². The molecule has 1 atom stereocenters. The largest absolute Gasteiger partial charge is 0.383 e. The Labute approximate surface area is 101 Å². The Hall–Kier alpha value is -1.94. The molecule has 4 heteroatoms. The molecule has 0 radical (unpaired) electrons. The van der Waals surface area contributed by atoms with Gasteiger partial charge in [-0.25, -0.2) is 4.98 Å². The van der Waals surface area contributed by atoms with Crippen LogP contribution in [0, 0.1) is 13.8 Å². The van der Waals surface area contributed by atoms with Gasteiger partial charge in [0.25, 0.3) is 0 Å². The highest BCUT2D eigenvalue weighted by atomic mass is 14.9. The maximum absolute atomic E-state index is 6.19. The van der Waals surface area contributed by atoms with E-state index in [2.05, 4.69) is 16.0 Å². The molecule has 0 bridgehead atoms. The fourth-order valence-corrected chi connectivity index (χ4v) is 1.89. The van der Waals surface area contributed by atoms with Crippen molar-refractivity contribution in [1.29, 1.82) is 0 Å². The third-order valence-corrected chi connectivity index (χ3v) is 2.76. The molecule has 0 saturated carbocycles. The van der Waals surface area contributed by atoms with Crippen LogP contribution in [0.5, 0.6) is 0 Å². The minimum absolute atomic E-state index is 0.329. The van der Waals surface area contributed by atoms with E-state index in [1.165, 1.54) is 0 Å². The van der Waals surface area contributed by atoms with Crippen LogP contribution in [0.2, 0.25) is 0 Å². The first kappa shape index (κ1) is 11.5. The summed E-state index contributed by atoms with van der Waals surface area (Å²) in [6.45, 7) is 4.01. The van der Waals surface area contributed by atoms with Gasteiger partial charge in [0.1, 0.15) is 5.82 Å². The molecule has 4 nitrogen and oxygen atoms in total. The van der Waals surface area contributed by atoms with Crippen molar-refractivity contribution in [1.82, 2.24) is 9.97 Å². The highest BCUT2D eigenvalue weighted by molar-refractivity contribution is 5.45. The van der Waals surface area contributed by atoms with Gasteiger partial charge in [0.2, 0.25) is 0 Å². The van der Waals surface area contributed by atoms with Crippen LogP contribution in [0.4, 0.5) is 5.82 Å². The summed E-state index contributed by atoms with van der Waals surface area (Å²) < 4.78 is 0. The Balaban J connectivity index is 2.44. The van der Waals surface area contributed by atoms with Gasteiger partial charge in [0, 0.05) is 18.0 Å². The summed E-state index contributed by atoms with van der Waals surface area (Å²) in [6, 6.07) is 5.45. The Morgan fingerprint density at radius 3 is 2.65 bits per heavy atom. The van der Waals surface area contributed by atoms with E-state index < -0.39 is 0 Å². The topological polar surface area (TPSA) is 77.8 Å². The van der Waals surface area contributed by atoms with Crippen LogP contribution in [0.3, 0.4) is 0 Å². The van der Waals surface area contributed by atoms with Gasteiger partial charge >= 0.3 is 0 Å². The summed E-state index contributed by atoms with van der Waals surface area (Å²) in [6.07, 6.45) is 3.47. The SMILES string of the molecule is Cc1cnc(C(N)c2cccnc2N)c(C)c1. The van der Waals surface area contributed by atoms with Gasteiger partial charge in [-0.1, -0.05) is 12.1 Å². The van der Waals surface area contributed by atoms with Gasteiger partial charge in [-0.3, -0.25) is 4.98 Å². The van der Waals surface area contributed by atoms with Crippen LogP contribution in [0.25, 0.3) is 0 Å². The minimum Gasteiger partial charge on any atom is -0.383 e. The molecule has 0 aliphatic heterocycles. The fraction of sp³-hybridized carbons (Fsp3) is 0.231. The van der Waals surface area contributed by atoms with Gasteiger partial charge in [-0.2, -0.15) is 0 Å². The van der Waals surface area contributed by atoms with Crippen molar-refractivity contribution in [2.45, 2.75) is 19.9 Å². The normalized spacial score (nSPS) is 12.4. The van der Waals surface area contributed by atoms with Crippen LogP contribution in [0.1, 0.15) is 28.4 Å². The highest BCUT2D eigenvalue weighted by Crippen LogP contribution is 2.24. The molecule has 0 fully saturated rings. The average molecular weight is 228 g/mol. The molecule has 1 unspecified atom stereocenters. The Bertz CT molecular complexity index is 537. The minimum atomic E-state index is -0.329. The number of aryl methyl sites for hydroxylation is 2. The summed E-state index contributed by atoms with van der Waals surface area (Å²) in [5.41, 5.74) is 15.9. The molecule has 88 valence electrons. The number of nitrogens with two attached hydrogens (primary N) is 2. The molecule has 0 spiro atoms. The van der Waals surface area contributed by atoms with Crippen molar-refractivity contribution in [2.75, 3.05) is 5.73 Å². The third kappa shape index (κ3) is 2.26. The quantitative estimate of drug-likeness (QED) is 0.820. The second kappa shape index (κ2) is 4.51. The molecule has 2 rings (SSSR count). The third-order valence-electron chi connectivity index (χ3n) is 2.76. The lowest BCUT2D eigenvalue weighted by molar-refractivity contribution is 0.813. The summed E-state index contributed by atoms with van der Waals surface area (Å²) >= 11 is 0. The first-order valence-corrected chi connectivity index (χ1v) is 5.48. The standard InChI is InChI=1S/C13H16N4/c1-8-6-9(2)12(17-7-8)11(14)10-4-3-5-16-13(10)15/h3-7,11H,14H2,1-2H3,(H2,15,16). The van der Waals surface area contributed by atoms with Gasteiger partial charge in [-0.05, 0) is 31.0 Å². The van der Waals surface area contributed by atoms with Crippen molar-refractivity contribution in [3.05, 3.63) is 53.0 Å². The van der Waals surface area contributed by atoms with E-state index in [-0.39, 0.29) is 6.04 Å². The number of nitrogens with zero attached hydrogens (tertiary/aromatic N) is 2. The molecule has 0 aliphatic carbocycles. The number of rotatable bonds is 2. The molecule has 2 heterocycles. The number of hydrogen-bond acceptors (Lipinski definition) is 4. The molecule has 4 N–H and O–H groups in total. The average Bonchev–Trinajstić information content (AvgIpc) is 2.29. The molecule has 17 heavy (non-hydrogen) atoms. The molecule has 0 aromatic carbocycles. The van der Waals surface area contributed by atoms with E-state index in [0.29, 0.717) is 5.82 Å². The first-order chi connectivity index (χ1) is 8.09. The number of hydrogen-bond donors (Lipinski definition) is 2. The van der Waals surface area contributed by atoms with E-state index in [1.807, 2.05) is 32.2 Å². The van der Waals surface area contributed by atoms with E-state index in [9.17, 15) is 0 Å². The zero-order valence-corrected chi connectivity index (χ0v) is 10.0. The lowest BCUT2D eigenvalue weighted by Crippen LogP contribution is -2.17. The van der Waals surface area contributed by atoms with Gasteiger partial charge in [0.05, 0.1) is 11.7 Å². The Morgan fingerprint density at radius 2 is 2.00 bits per heavy atom.